The summed E-state index contributed by atoms with van der Waals surface area (Å²) in [6.45, 7) is 0. The molecule has 0 N–H and O–H groups in total. The highest BCUT2D eigenvalue weighted by Gasteiger charge is 2.15. The van der Waals surface area contributed by atoms with Gasteiger partial charge in [-0.25, -0.2) is 4.39 Å². The minimum atomic E-state index is -0.364. The van der Waals surface area contributed by atoms with Gasteiger partial charge in [0.05, 0.1) is 17.0 Å². The van der Waals surface area contributed by atoms with E-state index < -0.39 is 0 Å². The van der Waals surface area contributed by atoms with Crippen LogP contribution in [0.3, 0.4) is 0 Å². The zero-order valence-corrected chi connectivity index (χ0v) is 13.9. The van der Waals surface area contributed by atoms with Crippen molar-refractivity contribution in [1.29, 1.82) is 0 Å². The molecule has 1 atom stereocenters. The summed E-state index contributed by atoms with van der Waals surface area (Å²) in [7, 11) is 1.61. The van der Waals surface area contributed by atoms with Gasteiger partial charge in [-0.05, 0) is 51.3 Å². The Morgan fingerprint density at radius 3 is 2.42 bits per heavy atom. The van der Waals surface area contributed by atoms with Crippen LogP contribution in [0.25, 0.3) is 0 Å². The number of alkyl halides is 1. The van der Waals surface area contributed by atoms with E-state index in [1.807, 2.05) is 18.2 Å². The molecule has 100 valence electrons. The van der Waals surface area contributed by atoms with Crippen LogP contribution in [-0.2, 0) is 0 Å². The van der Waals surface area contributed by atoms with Gasteiger partial charge in [-0.2, -0.15) is 0 Å². The van der Waals surface area contributed by atoms with Crippen LogP contribution >= 0.6 is 43.5 Å². The van der Waals surface area contributed by atoms with Gasteiger partial charge in [-0.15, -0.1) is 11.6 Å². The van der Waals surface area contributed by atoms with Crippen molar-refractivity contribution in [2.24, 2.45) is 0 Å². The molecule has 0 aromatic heterocycles. The first-order valence-electron chi connectivity index (χ1n) is 5.45. The van der Waals surface area contributed by atoms with Gasteiger partial charge in [0.1, 0.15) is 11.6 Å². The standard InChI is InChI=1S/C14H10Br2ClFO/c1-19-13-5-2-8(6-12(13)16)14(17)10-4-3-9(18)7-11(10)15/h2-7,14H,1H3. The molecule has 1 nitrogen and oxygen atoms in total. The van der Waals surface area contributed by atoms with Crippen molar-refractivity contribution in [3.63, 3.8) is 0 Å². The lowest BCUT2D eigenvalue weighted by Gasteiger charge is -2.14. The largest absolute Gasteiger partial charge is 0.496 e. The maximum absolute atomic E-state index is 13.1. The number of methoxy groups -OCH3 is 1. The van der Waals surface area contributed by atoms with E-state index >= 15 is 0 Å². The molecule has 2 aromatic carbocycles. The molecular formula is C14H10Br2ClFO. The molecule has 19 heavy (non-hydrogen) atoms. The topological polar surface area (TPSA) is 9.23 Å². The molecule has 0 aliphatic carbocycles. The van der Waals surface area contributed by atoms with Crippen molar-refractivity contribution >= 4 is 43.5 Å². The van der Waals surface area contributed by atoms with Crippen LogP contribution in [0, 0.1) is 5.82 Å². The smallest absolute Gasteiger partial charge is 0.133 e. The van der Waals surface area contributed by atoms with Gasteiger partial charge in [0, 0.05) is 4.47 Å². The van der Waals surface area contributed by atoms with E-state index in [0.29, 0.717) is 4.47 Å². The highest BCUT2D eigenvalue weighted by molar-refractivity contribution is 9.10. The van der Waals surface area contributed by atoms with Crippen LogP contribution in [0.1, 0.15) is 16.5 Å². The lowest BCUT2D eigenvalue weighted by molar-refractivity contribution is 0.412. The molecule has 0 heterocycles. The number of rotatable bonds is 3. The molecule has 1 unspecified atom stereocenters. The quantitative estimate of drug-likeness (QED) is 0.593. The third kappa shape index (κ3) is 3.30. The summed E-state index contributed by atoms with van der Waals surface area (Å²) in [5, 5.41) is -0.364. The zero-order chi connectivity index (χ0) is 14.0. The van der Waals surface area contributed by atoms with Gasteiger partial charge in [-0.1, -0.05) is 28.1 Å². The van der Waals surface area contributed by atoms with Gasteiger partial charge >= 0.3 is 0 Å². The van der Waals surface area contributed by atoms with Crippen molar-refractivity contribution < 1.29 is 9.13 Å². The Bertz CT molecular complexity index is 604. The van der Waals surface area contributed by atoms with E-state index in [4.69, 9.17) is 16.3 Å². The Morgan fingerprint density at radius 2 is 1.84 bits per heavy atom. The second kappa shape index (κ2) is 6.25. The van der Waals surface area contributed by atoms with Gasteiger partial charge in [0.2, 0.25) is 0 Å². The number of benzene rings is 2. The maximum Gasteiger partial charge on any atom is 0.133 e. The van der Waals surface area contributed by atoms with Crippen LogP contribution in [0.2, 0.25) is 0 Å². The molecule has 0 saturated carbocycles. The third-order valence-corrected chi connectivity index (χ3v) is 4.50. The summed E-state index contributed by atoms with van der Waals surface area (Å²) in [5.41, 5.74) is 1.72. The summed E-state index contributed by atoms with van der Waals surface area (Å²) in [6, 6.07) is 10.1. The fourth-order valence-electron chi connectivity index (χ4n) is 1.73. The molecule has 0 aliphatic heterocycles. The highest BCUT2D eigenvalue weighted by Crippen LogP contribution is 2.37. The molecule has 0 amide bonds. The molecule has 0 saturated heterocycles. The SMILES string of the molecule is COc1ccc(C(Cl)c2ccc(F)cc2Br)cc1Br. The first-order chi connectivity index (χ1) is 9.02. The summed E-state index contributed by atoms with van der Waals surface area (Å²) >= 11 is 13.2. The maximum atomic E-state index is 13.1. The lowest BCUT2D eigenvalue weighted by Crippen LogP contribution is -1.96. The van der Waals surface area contributed by atoms with E-state index in [-0.39, 0.29) is 11.2 Å². The number of hydrogen-bond acceptors (Lipinski definition) is 1. The fraction of sp³-hybridized carbons (Fsp3) is 0.143. The molecule has 0 spiro atoms. The minimum Gasteiger partial charge on any atom is -0.496 e. The van der Waals surface area contributed by atoms with Crippen LogP contribution in [0.5, 0.6) is 5.75 Å². The van der Waals surface area contributed by atoms with Gasteiger partial charge in [-0.3, -0.25) is 0 Å². The van der Waals surface area contributed by atoms with Crippen LogP contribution < -0.4 is 4.74 Å². The summed E-state index contributed by atoms with van der Waals surface area (Å²) in [5.74, 6) is 0.446. The van der Waals surface area contributed by atoms with Crippen LogP contribution in [0.15, 0.2) is 45.3 Å². The van der Waals surface area contributed by atoms with Crippen molar-refractivity contribution in [2.75, 3.05) is 7.11 Å². The number of hydrogen-bond donors (Lipinski definition) is 0. The zero-order valence-electron chi connectivity index (χ0n) is 9.96. The predicted molar refractivity (Wildman–Crippen MR) is 82.5 cm³/mol. The molecule has 2 rings (SSSR count). The van der Waals surface area contributed by atoms with Crippen molar-refractivity contribution in [1.82, 2.24) is 0 Å². The lowest BCUT2D eigenvalue weighted by atomic mass is 10.0. The average molecular weight is 408 g/mol. The molecule has 0 radical (unpaired) electrons. The normalized spacial score (nSPS) is 12.3. The van der Waals surface area contributed by atoms with E-state index in [0.717, 1.165) is 21.3 Å². The first kappa shape index (κ1) is 14.8. The summed E-state index contributed by atoms with van der Waals surface area (Å²) in [6.07, 6.45) is 0. The fourth-order valence-corrected chi connectivity index (χ4v) is 3.32. The van der Waals surface area contributed by atoms with E-state index in [2.05, 4.69) is 31.9 Å². The molecule has 5 heteroatoms. The van der Waals surface area contributed by atoms with Gasteiger partial charge in [0.15, 0.2) is 0 Å². The summed E-state index contributed by atoms with van der Waals surface area (Å²) in [4.78, 5) is 0. The Balaban J connectivity index is 2.38. The average Bonchev–Trinajstić information content (AvgIpc) is 2.38. The van der Waals surface area contributed by atoms with E-state index in [1.54, 1.807) is 13.2 Å². The Labute approximate surface area is 133 Å². The van der Waals surface area contributed by atoms with Crippen molar-refractivity contribution in [2.45, 2.75) is 5.38 Å². The van der Waals surface area contributed by atoms with Crippen LogP contribution in [0.4, 0.5) is 4.39 Å². The van der Waals surface area contributed by atoms with Crippen LogP contribution in [-0.4, -0.2) is 7.11 Å². The summed E-state index contributed by atoms with van der Waals surface area (Å²) < 4.78 is 19.7. The second-order valence-electron chi connectivity index (χ2n) is 3.92. The molecular weight excluding hydrogens is 398 g/mol. The Kier molecular flexibility index (Phi) is 4.87. The van der Waals surface area contributed by atoms with Crippen molar-refractivity contribution in [3.05, 3.63) is 62.3 Å². The second-order valence-corrected chi connectivity index (χ2v) is 6.07. The highest BCUT2D eigenvalue weighted by atomic mass is 79.9. The number of halogens is 4. The first-order valence-corrected chi connectivity index (χ1v) is 7.47. The minimum absolute atomic E-state index is 0.296. The molecule has 0 bridgehead atoms. The third-order valence-electron chi connectivity index (χ3n) is 2.70. The van der Waals surface area contributed by atoms with E-state index in [9.17, 15) is 4.39 Å². The Hall–Kier alpha value is -0.580. The van der Waals surface area contributed by atoms with E-state index in [1.165, 1.54) is 12.1 Å². The van der Waals surface area contributed by atoms with Gasteiger partial charge in [0.25, 0.3) is 0 Å². The van der Waals surface area contributed by atoms with Crippen molar-refractivity contribution in [3.8, 4) is 5.75 Å². The molecule has 2 aromatic rings. The van der Waals surface area contributed by atoms with Gasteiger partial charge < -0.3 is 4.74 Å². The molecule has 0 fully saturated rings. The molecule has 0 aliphatic rings. The predicted octanol–water partition coefficient (Wildman–Crippen LogP) is 5.69. The number of ether oxygens (including phenoxy) is 1. The Morgan fingerprint density at radius 1 is 1.11 bits per heavy atom. The monoisotopic (exact) mass is 406 g/mol.